The lowest BCUT2D eigenvalue weighted by Gasteiger charge is -2.22. The predicted molar refractivity (Wildman–Crippen MR) is 55.8 cm³/mol. The number of methoxy groups -OCH3 is 1. The van der Waals surface area contributed by atoms with Gasteiger partial charge in [0.1, 0.15) is 6.54 Å². The third kappa shape index (κ3) is 2.95. The van der Waals surface area contributed by atoms with Crippen LogP contribution in [-0.2, 0) is 14.3 Å². The van der Waals surface area contributed by atoms with Crippen molar-refractivity contribution in [3.05, 3.63) is 0 Å². The Morgan fingerprint density at radius 1 is 1.44 bits per heavy atom. The average molecular weight is 228 g/mol. The number of ether oxygens (including phenoxy) is 1. The van der Waals surface area contributed by atoms with E-state index in [4.69, 9.17) is 0 Å². The number of Topliss-reactive ketones (excluding diaryl/α,β-unsaturated/α-hetero) is 1. The largest absolute Gasteiger partial charge is 0.453 e. The van der Waals surface area contributed by atoms with Crippen LogP contribution < -0.4 is 5.32 Å². The highest BCUT2D eigenvalue weighted by atomic mass is 16.5. The minimum atomic E-state index is -0.646. The SMILES string of the molecule is COC(=O)NCC(=O)N1CCCC1C(C)=O. The van der Waals surface area contributed by atoms with Gasteiger partial charge in [-0.1, -0.05) is 0 Å². The molecule has 1 heterocycles. The summed E-state index contributed by atoms with van der Waals surface area (Å²) in [6.07, 6.45) is 0.889. The minimum absolute atomic E-state index is 0.0103. The van der Waals surface area contributed by atoms with Gasteiger partial charge in [0.2, 0.25) is 5.91 Å². The topological polar surface area (TPSA) is 75.7 Å². The van der Waals surface area contributed by atoms with Gasteiger partial charge < -0.3 is 15.0 Å². The molecular weight excluding hydrogens is 212 g/mol. The van der Waals surface area contributed by atoms with Gasteiger partial charge in [-0.3, -0.25) is 9.59 Å². The number of ketones is 1. The molecule has 1 fully saturated rings. The maximum absolute atomic E-state index is 11.7. The highest BCUT2D eigenvalue weighted by molar-refractivity contribution is 5.89. The fraction of sp³-hybridized carbons (Fsp3) is 0.700. The van der Waals surface area contributed by atoms with Crippen molar-refractivity contribution in [2.24, 2.45) is 0 Å². The number of nitrogens with one attached hydrogen (secondary N) is 1. The van der Waals surface area contributed by atoms with E-state index in [-0.39, 0.29) is 24.3 Å². The van der Waals surface area contributed by atoms with E-state index in [1.165, 1.54) is 18.9 Å². The Kier molecular flexibility index (Phi) is 4.28. The van der Waals surface area contributed by atoms with Crippen molar-refractivity contribution in [1.29, 1.82) is 0 Å². The molecule has 6 nitrogen and oxygen atoms in total. The number of amides is 2. The molecule has 0 saturated carbocycles. The molecule has 0 spiro atoms. The zero-order chi connectivity index (χ0) is 12.1. The lowest BCUT2D eigenvalue weighted by molar-refractivity contribution is -0.136. The first kappa shape index (κ1) is 12.5. The van der Waals surface area contributed by atoms with E-state index in [0.29, 0.717) is 13.0 Å². The molecular formula is C10H16N2O4. The van der Waals surface area contributed by atoms with Gasteiger partial charge in [-0.15, -0.1) is 0 Å². The molecule has 16 heavy (non-hydrogen) atoms. The molecule has 2 amide bonds. The first-order valence-electron chi connectivity index (χ1n) is 5.18. The first-order valence-corrected chi connectivity index (χ1v) is 5.18. The highest BCUT2D eigenvalue weighted by Gasteiger charge is 2.31. The molecule has 0 aromatic rings. The van der Waals surface area contributed by atoms with Crippen molar-refractivity contribution in [3.8, 4) is 0 Å². The summed E-state index contributed by atoms with van der Waals surface area (Å²) in [4.78, 5) is 35.2. The number of nitrogens with zero attached hydrogens (tertiary/aromatic N) is 1. The van der Waals surface area contributed by atoms with Crippen molar-refractivity contribution in [2.45, 2.75) is 25.8 Å². The second-order valence-corrected chi connectivity index (χ2v) is 3.70. The fourth-order valence-corrected chi connectivity index (χ4v) is 1.81. The van der Waals surface area contributed by atoms with E-state index in [9.17, 15) is 14.4 Å². The zero-order valence-electron chi connectivity index (χ0n) is 9.49. The summed E-state index contributed by atoms with van der Waals surface area (Å²) in [5.74, 6) is -0.257. The molecule has 1 aliphatic rings. The van der Waals surface area contributed by atoms with E-state index in [2.05, 4.69) is 10.1 Å². The Morgan fingerprint density at radius 3 is 2.69 bits per heavy atom. The summed E-state index contributed by atoms with van der Waals surface area (Å²) in [5, 5.41) is 2.30. The Morgan fingerprint density at radius 2 is 2.12 bits per heavy atom. The maximum Gasteiger partial charge on any atom is 0.407 e. The predicted octanol–water partition coefficient (Wildman–Crippen LogP) is -0.0776. The molecule has 0 aliphatic carbocycles. The third-order valence-electron chi connectivity index (χ3n) is 2.61. The molecule has 0 bridgehead atoms. The zero-order valence-corrected chi connectivity index (χ0v) is 9.49. The quantitative estimate of drug-likeness (QED) is 0.733. The van der Waals surface area contributed by atoms with Gasteiger partial charge in [-0.25, -0.2) is 4.79 Å². The van der Waals surface area contributed by atoms with Crippen LogP contribution in [0.4, 0.5) is 4.79 Å². The number of alkyl carbamates (subject to hydrolysis) is 1. The van der Waals surface area contributed by atoms with Crippen molar-refractivity contribution < 1.29 is 19.1 Å². The molecule has 1 atom stereocenters. The van der Waals surface area contributed by atoms with Gasteiger partial charge in [0.15, 0.2) is 5.78 Å². The molecule has 0 aromatic carbocycles. The molecule has 0 radical (unpaired) electrons. The van der Waals surface area contributed by atoms with Gasteiger partial charge in [-0.2, -0.15) is 0 Å². The van der Waals surface area contributed by atoms with Gasteiger partial charge in [0, 0.05) is 6.54 Å². The normalized spacial score (nSPS) is 19.4. The van der Waals surface area contributed by atoms with Crippen LogP contribution in [0.2, 0.25) is 0 Å². The molecule has 1 saturated heterocycles. The van der Waals surface area contributed by atoms with E-state index >= 15 is 0 Å². The Hall–Kier alpha value is -1.59. The fourth-order valence-electron chi connectivity index (χ4n) is 1.81. The standard InChI is InChI=1S/C10H16N2O4/c1-7(13)8-4-3-5-12(8)9(14)6-11-10(15)16-2/h8H,3-6H2,1-2H3,(H,11,15). The number of hydrogen-bond donors (Lipinski definition) is 1. The molecule has 1 rings (SSSR count). The smallest absolute Gasteiger partial charge is 0.407 e. The van der Waals surface area contributed by atoms with Crippen LogP contribution in [0, 0.1) is 0 Å². The van der Waals surface area contributed by atoms with Crippen molar-refractivity contribution in [3.63, 3.8) is 0 Å². The summed E-state index contributed by atoms with van der Waals surface area (Å²) < 4.78 is 4.35. The summed E-state index contributed by atoms with van der Waals surface area (Å²) in [7, 11) is 1.23. The summed E-state index contributed by atoms with van der Waals surface area (Å²) in [5.41, 5.74) is 0. The molecule has 1 N–H and O–H groups in total. The van der Waals surface area contributed by atoms with Crippen LogP contribution in [0.15, 0.2) is 0 Å². The van der Waals surface area contributed by atoms with Gasteiger partial charge in [0.25, 0.3) is 0 Å². The van der Waals surface area contributed by atoms with Crippen LogP contribution in [0.25, 0.3) is 0 Å². The van der Waals surface area contributed by atoms with E-state index in [1.807, 2.05) is 0 Å². The van der Waals surface area contributed by atoms with Crippen LogP contribution in [0.1, 0.15) is 19.8 Å². The number of rotatable bonds is 3. The van der Waals surface area contributed by atoms with Crippen molar-refractivity contribution in [1.82, 2.24) is 10.2 Å². The summed E-state index contributed by atoms with van der Waals surface area (Å²) in [6, 6.07) is -0.327. The van der Waals surface area contributed by atoms with Crippen molar-refractivity contribution in [2.75, 3.05) is 20.2 Å². The second kappa shape index (κ2) is 5.48. The van der Waals surface area contributed by atoms with E-state index in [0.717, 1.165) is 6.42 Å². The summed E-state index contributed by atoms with van der Waals surface area (Å²) in [6.45, 7) is 1.92. The van der Waals surface area contributed by atoms with Gasteiger partial charge in [0.05, 0.1) is 13.2 Å². The van der Waals surface area contributed by atoms with Crippen LogP contribution >= 0.6 is 0 Å². The number of carbonyl (C=O) groups is 3. The van der Waals surface area contributed by atoms with Crippen LogP contribution in [-0.4, -0.2) is 48.9 Å². The first-order chi connectivity index (χ1) is 7.56. The minimum Gasteiger partial charge on any atom is -0.453 e. The molecule has 1 unspecified atom stereocenters. The van der Waals surface area contributed by atoms with E-state index in [1.54, 1.807) is 0 Å². The number of likely N-dealkylation sites (tertiary alicyclic amines) is 1. The van der Waals surface area contributed by atoms with E-state index < -0.39 is 6.09 Å². The monoisotopic (exact) mass is 228 g/mol. The van der Waals surface area contributed by atoms with Crippen molar-refractivity contribution >= 4 is 17.8 Å². The molecule has 1 aliphatic heterocycles. The second-order valence-electron chi connectivity index (χ2n) is 3.70. The average Bonchev–Trinajstić information content (AvgIpc) is 2.74. The third-order valence-corrected chi connectivity index (χ3v) is 2.61. The Labute approximate surface area is 93.9 Å². The maximum atomic E-state index is 11.7. The van der Waals surface area contributed by atoms with Crippen LogP contribution in [0.3, 0.4) is 0 Å². The number of hydrogen-bond acceptors (Lipinski definition) is 4. The molecule has 90 valence electrons. The lowest BCUT2D eigenvalue weighted by atomic mass is 10.1. The van der Waals surface area contributed by atoms with Gasteiger partial charge in [-0.05, 0) is 19.8 Å². The Bertz CT molecular complexity index is 303. The molecule has 0 aromatic heterocycles. The lowest BCUT2D eigenvalue weighted by Crippen LogP contribution is -2.44. The number of carbonyl (C=O) groups excluding carboxylic acids is 3. The highest BCUT2D eigenvalue weighted by Crippen LogP contribution is 2.17. The summed E-state index contributed by atoms with van der Waals surface area (Å²) >= 11 is 0. The molecule has 6 heteroatoms. The van der Waals surface area contributed by atoms with Crippen LogP contribution in [0.5, 0.6) is 0 Å². The Balaban J connectivity index is 2.47. The van der Waals surface area contributed by atoms with Gasteiger partial charge >= 0.3 is 6.09 Å².